The number of rotatable bonds is 5. The van der Waals surface area contributed by atoms with E-state index in [0.717, 1.165) is 45.0 Å². The van der Waals surface area contributed by atoms with E-state index in [9.17, 15) is 0 Å². The fourth-order valence-corrected chi connectivity index (χ4v) is 2.98. The van der Waals surface area contributed by atoms with Crippen molar-refractivity contribution in [3.63, 3.8) is 0 Å². The number of nitrogens with one attached hydrogen (secondary N) is 1. The van der Waals surface area contributed by atoms with Crippen LogP contribution in [0.25, 0.3) is 17.7 Å². The average Bonchev–Trinajstić information content (AvgIpc) is 2.66. The predicted molar refractivity (Wildman–Crippen MR) is 114 cm³/mol. The Kier molecular flexibility index (Phi) is 5.72. The summed E-state index contributed by atoms with van der Waals surface area (Å²) in [6.07, 6.45) is 12.4. The molecule has 0 bridgehead atoms. The third-order valence-electron chi connectivity index (χ3n) is 4.41. The van der Waals surface area contributed by atoms with Crippen molar-refractivity contribution in [2.45, 2.75) is 6.92 Å². The summed E-state index contributed by atoms with van der Waals surface area (Å²) in [5, 5.41) is 3.13. The summed E-state index contributed by atoms with van der Waals surface area (Å²) < 4.78 is 5.32. The van der Waals surface area contributed by atoms with Gasteiger partial charge in [0.1, 0.15) is 5.75 Å². The molecule has 0 atom stereocenters. The maximum Gasteiger partial charge on any atom is 0.119 e. The molecule has 136 valence electrons. The van der Waals surface area contributed by atoms with Crippen LogP contribution >= 0.6 is 0 Å². The zero-order chi connectivity index (χ0) is 19.2. The van der Waals surface area contributed by atoms with Gasteiger partial charge in [0.2, 0.25) is 0 Å². The van der Waals surface area contributed by atoms with E-state index in [1.54, 1.807) is 7.11 Å². The Hall–Kier alpha value is -3.33. The minimum absolute atomic E-state index is 0.853. The third-order valence-corrected chi connectivity index (χ3v) is 4.41. The van der Waals surface area contributed by atoms with E-state index in [1.807, 2.05) is 50.5 Å². The number of hydrogen-bond acceptors (Lipinski definition) is 3. The standard InChI is InChI=1S/C24H24N2O/c1-17-7-5-10-24(26-17)18(2)23(16-25-3)20-8-6-9-21-15-22(27-4)14-13-19(21)11-12-20/h5-16,25H,2H2,1,3-4H3/b8-6?,9-6+,12-11?,19-11?,20-8-,20-12?,21-9?,23-16+. The Labute approximate surface area is 161 Å². The van der Waals surface area contributed by atoms with Crippen molar-refractivity contribution in [1.82, 2.24) is 10.3 Å². The molecule has 0 saturated carbocycles. The molecule has 0 aliphatic heterocycles. The summed E-state index contributed by atoms with van der Waals surface area (Å²) in [5.41, 5.74) is 7.07. The van der Waals surface area contributed by atoms with E-state index in [2.05, 4.69) is 53.3 Å². The van der Waals surface area contributed by atoms with Gasteiger partial charge in [-0.15, -0.1) is 0 Å². The Morgan fingerprint density at radius 3 is 2.70 bits per heavy atom. The molecule has 0 saturated heterocycles. The highest BCUT2D eigenvalue weighted by Crippen LogP contribution is 2.29. The molecule has 0 amide bonds. The Morgan fingerprint density at radius 2 is 1.96 bits per heavy atom. The van der Waals surface area contributed by atoms with Crippen molar-refractivity contribution >= 4 is 17.7 Å². The fourth-order valence-electron chi connectivity index (χ4n) is 2.98. The summed E-state index contributed by atoms with van der Waals surface area (Å²) in [4.78, 5) is 4.62. The quantitative estimate of drug-likeness (QED) is 0.750. The van der Waals surface area contributed by atoms with Crippen LogP contribution in [-0.2, 0) is 0 Å². The fraction of sp³-hybridized carbons (Fsp3) is 0.125. The summed E-state index contributed by atoms with van der Waals surface area (Å²) in [5.74, 6) is 0.853. The maximum atomic E-state index is 5.32. The summed E-state index contributed by atoms with van der Waals surface area (Å²) in [6, 6.07) is 12.1. The second-order valence-electron chi connectivity index (χ2n) is 6.30. The van der Waals surface area contributed by atoms with Gasteiger partial charge in [-0.2, -0.15) is 0 Å². The molecular weight excluding hydrogens is 332 g/mol. The number of methoxy groups -OCH3 is 1. The van der Waals surface area contributed by atoms with E-state index in [-0.39, 0.29) is 0 Å². The van der Waals surface area contributed by atoms with E-state index in [4.69, 9.17) is 4.74 Å². The van der Waals surface area contributed by atoms with Gasteiger partial charge in [-0.3, -0.25) is 4.98 Å². The van der Waals surface area contributed by atoms with Crippen LogP contribution in [0.1, 0.15) is 22.5 Å². The molecule has 2 aromatic rings. The molecule has 3 rings (SSSR count). The number of aromatic nitrogens is 1. The Balaban J connectivity index is 1.98. The van der Waals surface area contributed by atoms with Crippen molar-refractivity contribution in [3.8, 4) is 5.75 Å². The highest BCUT2D eigenvalue weighted by molar-refractivity contribution is 5.84. The number of aryl methyl sites for hydroxylation is 1. The smallest absolute Gasteiger partial charge is 0.119 e. The molecule has 0 unspecified atom stereocenters. The summed E-state index contributed by atoms with van der Waals surface area (Å²) in [6.45, 7) is 6.28. The van der Waals surface area contributed by atoms with Gasteiger partial charge in [0.25, 0.3) is 0 Å². The average molecular weight is 356 g/mol. The predicted octanol–water partition coefficient (Wildman–Crippen LogP) is 5.18. The highest BCUT2D eigenvalue weighted by atomic mass is 16.5. The van der Waals surface area contributed by atoms with E-state index < -0.39 is 0 Å². The van der Waals surface area contributed by atoms with Crippen LogP contribution < -0.4 is 10.1 Å². The SMILES string of the molecule is C=C(C(=C\NC)/C1=C\C=C\c2cc(OC)ccc2C=C1)c1cccc(C)n1. The molecule has 3 nitrogen and oxygen atoms in total. The number of allylic oxidation sites excluding steroid dienone is 6. The lowest BCUT2D eigenvalue weighted by Crippen LogP contribution is -2.02. The van der Waals surface area contributed by atoms with Crippen molar-refractivity contribution in [1.29, 1.82) is 0 Å². The van der Waals surface area contributed by atoms with Crippen LogP contribution in [0, 0.1) is 6.92 Å². The molecule has 3 heteroatoms. The van der Waals surface area contributed by atoms with E-state index in [0.29, 0.717) is 0 Å². The lowest BCUT2D eigenvalue weighted by Gasteiger charge is -2.14. The lowest BCUT2D eigenvalue weighted by molar-refractivity contribution is 0.414. The Bertz CT molecular complexity index is 978. The molecule has 27 heavy (non-hydrogen) atoms. The van der Waals surface area contributed by atoms with Crippen LogP contribution in [0.2, 0.25) is 0 Å². The maximum absolute atomic E-state index is 5.32. The molecule has 1 aromatic carbocycles. The zero-order valence-electron chi connectivity index (χ0n) is 16.0. The number of benzene rings is 1. The van der Waals surface area contributed by atoms with Gasteiger partial charge in [0.05, 0.1) is 12.8 Å². The molecule has 1 N–H and O–H groups in total. The first-order valence-corrected chi connectivity index (χ1v) is 8.88. The van der Waals surface area contributed by atoms with Crippen molar-refractivity contribution in [3.05, 3.63) is 101 Å². The minimum atomic E-state index is 0.853. The summed E-state index contributed by atoms with van der Waals surface area (Å²) >= 11 is 0. The topological polar surface area (TPSA) is 34.1 Å². The van der Waals surface area contributed by atoms with E-state index >= 15 is 0 Å². The van der Waals surface area contributed by atoms with Crippen LogP contribution in [0.5, 0.6) is 5.75 Å². The molecule has 1 aliphatic carbocycles. The van der Waals surface area contributed by atoms with Crippen LogP contribution in [-0.4, -0.2) is 19.1 Å². The third kappa shape index (κ3) is 4.26. The molecule has 1 heterocycles. The van der Waals surface area contributed by atoms with Gasteiger partial charge in [0.15, 0.2) is 0 Å². The normalized spacial score (nSPS) is 16.4. The van der Waals surface area contributed by atoms with Crippen molar-refractivity contribution < 1.29 is 4.74 Å². The van der Waals surface area contributed by atoms with Crippen molar-refractivity contribution in [2.24, 2.45) is 0 Å². The Morgan fingerprint density at radius 1 is 1.11 bits per heavy atom. The minimum Gasteiger partial charge on any atom is -0.497 e. The van der Waals surface area contributed by atoms with Crippen LogP contribution in [0.3, 0.4) is 0 Å². The number of nitrogens with zero attached hydrogens (tertiary/aromatic N) is 1. The number of fused-ring (bicyclic) bond motifs is 1. The molecule has 1 aromatic heterocycles. The van der Waals surface area contributed by atoms with E-state index in [1.165, 1.54) is 0 Å². The second-order valence-corrected chi connectivity index (χ2v) is 6.30. The second kappa shape index (κ2) is 8.37. The monoisotopic (exact) mass is 356 g/mol. The molecule has 0 radical (unpaired) electrons. The van der Waals surface area contributed by atoms with Crippen LogP contribution in [0.4, 0.5) is 0 Å². The summed E-state index contributed by atoms with van der Waals surface area (Å²) in [7, 11) is 3.57. The van der Waals surface area contributed by atoms with Gasteiger partial charge < -0.3 is 10.1 Å². The molecule has 0 fully saturated rings. The zero-order valence-corrected chi connectivity index (χ0v) is 16.0. The highest BCUT2D eigenvalue weighted by Gasteiger charge is 2.11. The lowest BCUT2D eigenvalue weighted by atomic mass is 9.93. The number of pyridine rings is 1. The van der Waals surface area contributed by atoms with Gasteiger partial charge in [-0.05, 0) is 47.9 Å². The largest absolute Gasteiger partial charge is 0.497 e. The van der Waals surface area contributed by atoms with Crippen LogP contribution in [0.15, 0.2) is 78.6 Å². The first-order valence-electron chi connectivity index (χ1n) is 8.88. The number of ether oxygens (including phenoxy) is 1. The van der Waals surface area contributed by atoms with Gasteiger partial charge in [-0.1, -0.05) is 49.1 Å². The van der Waals surface area contributed by atoms with Gasteiger partial charge in [-0.25, -0.2) is 0 Å². The van der Waals surface area contributed by atoms with Gasteiger partial charge >= 0.3 is 0 Å². The number of hydrogen-bond donors (Lipinski definition) is 1. The first kappa shape index (κ1) is 18.5. The molecular formula is C24H24N2O. The molecule has 1 aliphatic rings. The van der Waals surface area contributed by atoms with Crippen molar-refractivity contribution in [2.75, 3.05) is 14.2 Å². The molecule has 0 spiro atoms. The first-order chi connectivity index (χ1) is 13.1. The van der Waals surface area contributed by atoms with Gasteiger partial charge in [0, 0.05) is 30.1 Å².